The van der Waals surface area contributed by atoms with E-state index >= 15 is 0 Å². The molecule has 0 spiro atoms. The quantitative estimate of drug-likeness (QED) is 0.797. The number of aromatic nitrogens is 1. The number of methoxy groups -OCH3 is 2. The van der Waals surface area contributed by atoms with Crippen molar-refractivity contribution < 1.29 is 14.3 Å². The summed E-state index contributed by atoms with van der Waals surface area (Å²) < 4.78 is 10.8. The molecule has 148 valence electrons. The lowest BCUT2D eigenvalue weighted by atomic mass is 9.87. The summed E-state index contributed by atoms with van der Waals surface area (Å²) in [5, 5.41) is 0. The Bertz CT molecular complexity index is 788. The Labute approximate surface area is 166 Å². The van der Waals surface area contributed by atoms with E-state index in [1.165, 1.54) is 5.56 Å². The van der Waals surface area contributed by atoms with Gasteiger partial charge in [-0.3, -0.25) is 14.7 Å². The van der Waals surface area contributed by atoms with Gasteiger partial charge < -0.3 is 14.4 Å². The van der Waals surface area contributed by atoms with Gasteiger partial charge in [0.2, 0.25) is 0 Å². The molecule has 6 nitrogen and oxygen atoms in total. The van der Waals surface area contributed by atoms with Crippen molar-refractivity contribution in [3.05, 3.63) is 59.9 Å². The van der Waals surface area contributed by atoms with Gasteiger partial charge in [0.1, 0.15) is 5.75 Å². The van der Waals surface area contributed by atoms with Gasteiger partial charge >= 0.3 is 0 Å². The highest BCUT2D eigenvalue weighted by Gasteiger charge is 2.44. The number of carbonyl (C=O) groups excluding carboxylic acids is 1. The van der Waals surface area contributed by atoms with Gasteiger partial charge in [-0.15, -0.1) is 0 Å². The van der Waals surface area contributed by atoms with Crippen molar-refractivity contribution in [1.82, 2.24) is 14.8 Å². The van der Waals surface area contributed by atoms with E-state index in [9.17, 15) is 4.79 Å². The van der Waals surface area contributed by atoms with Gasteiger partial charge in [-0.05, 0) is 54.8 Å². The maximum absolute atomic E-state index is 12.8. The van der Waals surface area contributed by atoms with Crippen LogP contribution in [0.2, 0.25) is 0 Å². The van der Waals surface area contributed by atoms with Crippen LogP contribution >= 0.6 is 0 Å². The second-order valence-electron chi connectivity index (χ2n) is 7.45. The van der Waals surface area contributed by atoms with Crippen molar-refractivity contribution >= 4 is 5.91 Å². The van der Waals surface area contributed by atoms with Crippen LogP contribution in [0.3, 0.4) is 0 Å². The Kier molecular flexibility index (Phi) is 5.59. The fourth-order valence-electron chi connectivity index (χ4n) is 4.36. The Balaban J connectivity index is 1.37. The van der Waals surface area contributed by atoms with Gasteiger partial charge in [-0.1, -0.05) is 0 Å². The topological polar surface area (TPSA) is 54.9 Å². The van der Waals surface area contributed by atoms with Gasteiger partial charge in [-0.25, -0.2) is 0 Å². The number of nitrogens with zero attached hydrogens (tertiary/aromatic N) is 3. The minimum absolute atomic E-state index is 0.102. The second kappa shape index (κ2) is 8.29. The molecule has 2 fully saturated rings. The summed E-state index contributed by atoms with van der Waals surface area (Å²) in [5.41, 5.74) is 1.97. The first kappa shape index (κ1) is 18.9. The van der Waals surface area contributed by atoms with Crippen molar-refractivity contribution in [2.24, 2.45) is 0 Å². The zero-order valence-electron chi connectivity index (χ0n) is 16.5. The summed E-state index contributed by atoms with van der Waals surface area (Å²) in [4.78, 5) is 21.4. The van der Waals surface area contributed by atoms with Crippen LogP contribution in [-0.2, 0) is 4.74 Å². The second-order valence-corrected chi connectivity index (χ2v) is 7.45. The van der Waals surface area contributed by atoms with Crippen LogP contribution in [0.1, 0.15) is 34.8 Å². The number of rotatable bonds is 5. The zero-order valence-corrected chi connectivity index (χ0v) is 16.5. The molecule has 0 saturated carbocycles. The van der Waals surface area contributed by atoms with Crippen LogP contribution in [0, 0.1) is 0 Å². The van der Waals surface area contributed by atoms with Crippen LogP contribution in [0.15, 0.2) is 48.8 Å². The average Bonchev–Trinajstić information content (AvgIpc) is 2.74. The van der Waals surface area contributed by atoms with E-state index in [0.29, 0.717) is 6.04 Å². The molecule has 0 unspecified atom stereocenters. The fraction of sp³-hybridized carbons (Fsp3) is 0.455. The molecule has 2 aromatic rings. The number of piperidine rings is 1. The molecule has 0 bridgehead atoms. The van der Waals surface area contributed by atoms with Gasteiger partial charge in [0.15, 0.2) is 0 Å². The highest BCUT2D eigenvalue weighted by molar-refractivity contribution is 5.94. The molecular weight excluding hydrogens is 354 g/mol. The highest BCUT2D eigenvalue weighted by atomic mass is 16.5. The number of benzene rings is 1. The molecule has 1 aromatic carbocycles. The molecular formula is C22H27N3O3. The first-order valence-corrected chi connectivity index (χ1v) is 9.83. The van der Waals surface area contributed by atoms with E-state index in [-0.39, 0.29) is 18.1 Å². The molecule has 4 rings (SSSR count). The van der Waals surface area contributed by atoms with E-state index in [1.807, 2.05) is 41.6 Å². The molecule has 2 saturated heterocycles. The van der Waals surface area contributed by atoms with Crippen molar-refractivity contribution in [2.75, 3.05) is 33.9 Å². The average molecular weight is 381 g/mol. The third kappa shape index (κ3) is 3.62. The van der Waals surface area contributed by atoms with Crippen LogP contribution in [0.25, 0.3) is 0 Å². The lowest BCUT2D eigenvalue weighted by Crippen LogP contribution is -2.60. The fourth-order valence-corrected chi connectivity index (χ4v) is 4.36. The number of ether oxygens (including phenoxy) is 2. The van der Waals surface area contributed by atoms with E-state index in [1.54, 1.807) is 14.2 Å². The van der Waals surface area contributed by atoms with Crippen LogP contribution < -0.4 is 4.74 Å². The third-order valence-electron chi connectivity index (χ3n) is 6.01. The maximum atomic E-state index is 12.8. The first-order chi connectivity index (χ1) is 13.7. The highest BCUT2D eigenvalue weighted by Crippen LogP contribution is 2.39. The van der Waals surface area contributed by atoms with Gasteiger partial charge in [0, 0.05) is 50.7 Å². The normalized spacial score (nSPS) is 23.3. The van der Waals surface area contributed by atoms with E-state index in [0.717, 1.165) is 43.8 Å². The Hall–Kier alpha value is -2.44. The molecule has 3 heterocycles. The molecule has 2 aliphatic heterocycles. The molecule has 0 aliphatic carbocycles. The minimum atomic E-state index is 0.102. The smallest absolute Gasteiger partial charge is 0.253 e. The third-order valence-corrected chi connectivity index (χ3v) is 6.01. The molecule has 2 aliphatic rings. The standard InChI is InChI=1S/C22H27N3O3/c1-27-19-5-3-17(4-6-19)22(26)24-13-9-18(10-14-24)25-15-20(28-2)21(25)16-7-11-23-12-8-16/h3-8,11-12,18,20-21H,9-10,13-15H2,1-2H3/t20-,21-/m0/s1. The molecule has 1 amide bonds. The van der Waals surface area contributed by atoms with E-state index in [4.69, 9.17) is 9.47 Å². The minimum Gasteiger partial charge on any atom is -0.497 e. The zero-order chi connectivity index (χ0) is 19.5. The maximum Gasteiger partial charge on any atom is 0.253 e. The van der Waals surface area contributed by atoms with Crippen molar-refractivity contribution in [3.8, 4) is 5.75 Å². The van der Waals surface area contributed by atoms with Crippen molar-refractivity contribution in [3.63, 3.8) is 0 Å². The summed E-state index contributed by atoms with van der Waals surface area (Å²) in [6.45, 7) is 2.51. The number of hydrogen-bond donors (Lipinski definition) is 0. The Morgan fingerprint density at radius 2 is 1.71 bits per heavy atom. The number of likely N-dealkylation sites (tertiary alicyclic amines) is 2. The molecule has 6 heteroatoms. The van der Waals surface area contributed by atoms with Crippen LogP contribution in [-0.4, -0.2) is 66.7 Å². The van der Waals surface area contributed by atoms with Gasteiger partial charge in [0.25, 0.3) is 5.91 Å². The number of hydrogen-bond acceptors (Lipinski definition) is 5. The number of pyridine rings is 1. The summed E-state index contributed by atoms with van der Waals surface area (Å²) in [7, 11) is 3.41. The molecule has 28 heavy (non-hydrogen) atoms. The van der Waals surface area contributed by atoms with Crippen LogP contribution in [0.5, 0.6) is 5.75 Å². The molecule has 2 atom stereocenters. The van der Waals surface area contributed by atoms with Crippen LogP contribution in [0.4, 0.5) is 0 Å². The molecule has 0 N–H and O–H groups in total. The monoisotopic (exact) mass is 381 g/mol. The largest absolute Gasteiger partial charge is 0.497 e. The predicted octanol–water partition coefficient (Wildman–Crippen LogP) is 2.77. The number of amides is 1. The molecule has 1 aromatic heterocycles. The Morgan fingerprint density at radius 1 is 1.04 bits per heavy atom. The van der Waals surface area contributed by atoms with E-state index < -0.39 is 0 Å². The van der Waals surface area contributed by atoms with Gasteiger partial charge in [0.05, 0.1) is 19.3 Å². The summed E-state index contributed by atoms with van der Waals surface area (Å²) >= 11 is 0. The molecule has 0 radical (unpaired) electrons. The SMILES string of the molecule is COc1ccc(C(=O)N2CCC(N3C[C@H](OC)[C@@H]3c3ccncc3)CC2)cc1. The first-order valence-electron chi connectivity index (χ1n) is 9.83. The van der Waals surface area contributed by atoms with Crippen molar-refractivity contribution in [2.45, 2.75) is 31.0 Å². The van der Waals surface area contributed by atoms with Crippen molar-refractivity contribution in [1.29, 1.82) is 0 Å². The summed E-state index contributed by atoms with van der Waals surface area (Å²) in [6, 6.07) is 12.3. The lowest BCUT2D eigenvalue weighted by Gasteiger charge is -2.53. The lowest BCUT2D eigenvalue weighted by molar-refractivity contribution is -0.115. The van der Waals surface area contributed by atoms with Gasteiger partial charge in [-0.2, -0.15) is 0 Å². The number of carbonyl (C=O) groups is 1. The predicted molar refractivity (Wildman–Crippen MR) is 106 cm³/mol. The summed E-state index contributed by atoms with van der Waals surface area (Å²) in [6.07, 6.45) is 5.88. The van der Waals surface area contributed by atoms with E-state index in [2.05, 4.69) is 22.0 Å². The summed E-state index contributed by atoms with van der Waals surface area (Å²) in [5.74, 6) is 0.869. The Morgan fingerprint density at radius 3 is 2.32 bits per heavy atom.